The number of fused-ring (bicyclic) bond motifs is 1. The monoisotopic (exact) mass is 303 g/mol. The number of nitrogens with zero attached hydrogens (tertiary/aromatic N) is 2. The third kappa shape index (κ3) is 3.00. The molecule has 0 fully saturated rings. The van der Waals surface area contributed by atoms with Crippen LogP contribution in [0.2, 0.25) is 5.02 Å². The summed E-state index contributed by atoms with van der Waals surface area (Å²) in [6.45, 7) is 0.719. The van der Waals surface area contributed by atoms with Crippen LogP contribution in [0.3, 0.4) is 0 Å². The van der Waals surface area contributed by atoms with Gasteiger partial charge in [-0.15, -0.1) is 0 Å². The van der Waals surface area contributed by atoms with E-state index in [1.165, 1.54) is 4.68 Å². The average molecular weight is 304 g/mol. The molecule has 0 aliphatic rings. The van der Waals surface area contributed by atoms with E-state index in [1.807, 2.05) is 24.4 Å². The summed E-state index contributed by atoms with van der Waals surface area (Å²) < 4.78 is 1.50. The molecule has 0 spiro atoms. The van der Waals surface area contributed by atoms with E-state index in [0.717, 1.165) is 22.2 Å². The van der Waals surface area contributed by atoms with Gasteiger partial charge < -0.3 is 16.0 Å². The number of anilines is 1. The summed E-state index contributed by atoms with van der Waals surface area (Å²) >= 11 is 5.96. The molecule has 0 saturated heterocycles. The van der Waals surface area contributed by atoms with Crippen molar-refractivity contribution in [2.45, 2.75) is 13.1 Å². The Morgan fingerprint density at radius 3 is 3.14 bits per heavy atom. The highest BCUT2D eigenvalue weighted by molar-refractivity contribution is 6.31. The Morgan fingerprint density at radius 1 is 1.48 bits per heavy atom. The molecule has 3 rings (SSSR count). The molecule has 0 bridgehead atoms. The van der Waals surface area contributed by atoms with Crippen molar-refractivity contribution in [3.8, 4) is 0 Å². The van der Waals surface area contributed by atoms with Crippen molar-refractivity contribution >= 4 is 34.1 Å². The summed E-state index contributed by atoms with van der Waals surface area (Å²) in [5.41, 5.74) is 8.09. The molecule has 2 aromatic heterocycles. The maximum absolute atomic E-state index is 10.8. The minimum Gasteiger partial charge on any atom is -0.378 e. The van der Waals surface area contributed by atoms with Gasteiger partial charge in [0.2, 0.25) is 5.91 Å². The molecule has 7 heteroatoms. The molecular weight excluding hydrogens is 290 g/mol. The van der Waals surface area contributed by atoms with Crippen LogP contribution in [-0.2, 0) is 17.9 Å². The van der Waals surface area contributed by atoms with Crippen LogP contribution in [0.5, 0.6) is 0 Å². The van der Waals surface area contributed by atoms with E-state index in [0.29, 0.717) is 11.6 Å². The van der Waals surface area contributed by atoms with Crippen molar-refractivity contribution in [3.05, 3.63) is 47.4 Å². The molecule has 0 atom stereocenters. The molecule has 0 aliphatic heterocycles. The fraction of sp³-hybridized carbons (Fsp3) is 0.143. The number of aromatic amines is 1. The number of aromatic nitrogens is 3. The summed E-state index contributed by atoms with van der Waals surface area (Å²) in [5, 5.41) is 9.14. The van der Waals surface area contributed by atoms with E-state index in [1.54, 1.807) is 12.4 Å². The van der Waals surface area contributed by atoms with Gasteiger partial charge in [0.05, 0.1) is 11.9 Å². The van der Waals surface area contributed by atoms with Gasteiger partial charge in [0.15, 0.2) is 0 Å². The molecule has 108 valence electrons. The van der Waals surface area contributed by atoms with E-state index < -0.39 is 5.91 Å². The fourth-order valence-electron chi connectivity index (χ4n) is 2.20. The van der Waals surface area contributed by atoms with E-state index in [2.05, 4.69) is 15.4 Å². The number of hydrogen-bond donors (Lipinski definition) is 3. The minimum atomic E-state index is -0.418. The number of halogens is 1. The molecule has 0 aliphatic carbocycles. The summed E-state index contributed by atoms with van der Waals surface area (Å²) in [6, 6.07) is 5.75. The zero-order chi connectivity index (χ0) is 14.8. The first kappa shape index (κ1) is 13.5. The maximum atomic E-state index is 10.8. The van der Waals surface area contributed by atoms with Gasteiger partial charge in [0, 0.05) is 34.9 Å². The van der Waals surface area contributed by atoms with E-state index in [9.17, 15) is 4.79 Å². The largest absolute Gasteiger partial charge is 0.378 e. The number of nitrogens with two attached hydrogens (primary N) is 1. The summed E-state index contributed by atoms with van der Waals surface area (Å²) in [7, 11) is 0. The minimum absolute atomic E-state index is 0.0767. The van der Waals surface area contributed by atoms with Gasteiger partial charge in [-0.25, -0.2) is 0 Å². The number of hydrogen-bond acceptors (Lipinski definition) is 3. The molecule has 3 aromatic rings. The molecular formula is C14H14ClN5O. The van der Waals surface area contributed by atoms with Gasteiger partial charge in [0.25, 0.3) is 0 Å². The first-order valence-electron chi connectivity index (χ1n) is 6.42. The smallest absolute Gasteiger partial charge is 0.239 e. The molecule has 4 N–H and O–H groups in total. The van der Waals surface area contributed by atoms with Crippen molar-refractivity contribution in [2.75, 3.05) is 5.32 Å². The second-order valence-electron chi connectivity index (χ2n) is 4.75. The highest BCUT2D eigenvalue weighted by Crippen LogP contribution is 2.22. The molecule has 2 heterocycles. The third-order valence-corrected chi connectivity index (χ3v) is 3.40. The number of rotatable bonds is 5. The van der Waals surface area contributed by atoms with Crippen LogP contribution in [0.15, 0.2) is 36.8 Å². The van der Waals surface area contributed by atoms with E-state index in [-0.39, 0.29) is 6.54 Å². The number of nitrogens with one attached hydrogen (secondary N) is 2. The highest BCUT2D eigenvalue weighted by Gasteiger charge is 2.05. The Labute approximate surface area is 125 Å². The second kappa shape index (κ2) is 5.49. The van der Waals surface area contributed by atoms with Crippen molar-refractivity contribution in [3.63, 3.8) is 0 Å². The number of primary amides is 1. The Hall–Kier alpha value is -2.47. The summed E-state index contributed by atoms with van der Waals surface area (Å²) in [6.07, 6.45) is 5.35. The van der Waals surface area contributed by atoms with E-state index in [4.69, 9.17) is 17.3 Å². The van der Waals surface area contributed by atoms with Gasteiger partial charge in [0.1, 0.15) is 6.54 Å². The van der Waals surface area contributed by atoms with Gasteiger partial charge in [-0.1, -0.05) is 17.7 Å². The Bertz CT molecular complexity index is 792. The zero-order valence-electron chi connectivity index (χ0n) is 11.1. The van der Waals surface area contributed by atoms with Crippen molar-refractivity contribution < 1.29 is 4.79 Å². The predicted octanol–water partition coefficient (Wildman–Crippen LogP) is 2.12. The normalized spacial score (nSPS) is 10.9. The quantitative estimate of drug-likeness (QED) is 0.674. The molecule has 0 saturated carbocycles. The topological polar surface area (TPSA) is 88.7 Å². The lowest BCUT2D eigenvalue weighted by molar-refractivity contribution is -0.118. The number of carbonyl (C=O) groups excluding carboxylic acids is 1. The first-order chi connectivity index (χ1) is 10.1. The fourth-order valence-corrected chi connectivity index (χ4v) is 2.38. The lowest BCUT2D eigenvalue weighted by Gasteiger charge is -2.02. The molecule has 0 radical (unpaired) electrons. The SMILES string of the molecule is NC(=O)Cn1cc(NCc2c[nH]c3cc(Cl)ccc23)cn1. The van der Waals surface area contributed by atoms with Crippen molar-refractivity contribution in [2.24, 2.45) is 5.73 Å². The molecule has 21 heavy (non-hydrogen) atoms. The maximum Gasteiger partial charge on any atom is 0.239 e. The van der Waals surface area contributed by atoms with E-state index >= 15 is 0 Å². The van der Waals surface area contributed by atoms with Gasteiger partial charge >= 0.3 is 0 Å². The number of carbonyl (C=O) groups is 1. The number of benzene rings is 1. The number of H-pyrrole nitrogens is 1. The zero-order valence-corrected chi connectivity index (χ0v) is 11.9. The van der Waals surface area contributed by atoms with Crippen LogP contribution < -0.4 is 11.1 Å². The molecule has 1 aromatic carbocycles. The predicted molar refractivity (Wildman–Crippen MR) is 82.1 cm³/mol. The summed E-state index contributed by atoms with van der Waals surface area (Å²) in [5.74, 6) is -0.418. The lowest BCUT2D eigenvalue weighted by Crippen LogP contribution is -2.18. The van der Waals surface area contributed by atoms with Crippen molar-refractivity contribution in [1.29, 1.82) is 0 Å². The number of amides is 1. The average Bonchev–Trinajstić information content (AvgIpc) is 3.02. The van der Waals surface area contributed by atoms with Crippen LogP contribution in [0.4, 0.5) is 5.69 Å². The first-order valence-corrected chi connectivity index (χ1v) is 6.80. The highest BCUT2D eigenvalue weighted by atomic mass is 35.5. The molecule has 0 unspecified atom stereocenters. The van der Waals surface area contributed by atoms with Crippen LogP contribution in [0.1, 0.15) is 5.56 Å². The standard InChI is InChI=1S/C14H14ClN5O/c15-10-1-2-12-9(5-18-13(12)3-10)4-17-11-6-19-20(7-11)8-14(16)21/h1-3,5-7,17-18H,4,8H2,(H2,16,21). The molecule has 1 amide bonds. The van der Waals surface area contributed by atoms with Crippen LogP contribution in [0.25, 0.3) is 10.9 Å². The molecule has 6 nitrogen and oxygen atoms in total. The Kier molecular flexibility index (Phi) is 3.53. The van der Waals surface area contributed by atoms with Crippen LogP contribution in [0, 0.1) is 0 Å². The third-order valence-electron chi connectivity index (χ3n) is 3.16. The van der Waals surface area contributed by atoms with Gasteiger partial charge in [-0.3, -0.25) is 9.48 Å². The van der Waals surface area contributed by atoms with Gasteiger partial charge in [-0.05, 0) is 17.7 Å². The second-order valence-corrected chi connectivity index (χ2v) is 5.19. The van der Waals surface area contributed by atoms with Crippen LogP contribution >= 0.6 is 11.6 Å². The van der Waals surface area contributed by atoms with Crippen LogP contribution in [-0.4, -0.2) is 20.7 Å². The Morgan fingerprint density at radius 2 is 2.33 bits per heavy atom. The summed E-state index contributed by atoms with van der Waals surface area (Å²) in [4.78, 5) is 14.0. The lowest BCUT2D eigenvalue weighted by atomic mass is 10.2. The van der Waals surface area contributed by atoms with Gasteiger partial charge in [-0.2, -0.15) is 5.10 Å². The van der Waals surface area contributed by atoms with Crippen molar-refractivity contribution in [1.82, 2.24) is 14.8 Å². The Balaban J connectivity index is 1.71.